The predicted octanol–water partition coefficient (Wildman–Crippen LogP) is 22.0. The molecule has 0 fully saturated rings. The van der Waals surface area contributed by atoms with Crippen LogP contribution >= 0.6 is 0 Å². The summed E-state index contributed by atoms with van der Waals surface area (Å²) >= 11 is 0. The summed E-state index contributed by atoms with van der Waals surface area (Å²) in [7, 11) is 0. The van der Waals surface area contributed by atoms with E-state index in [1.165, 1.54) is 116 Å². The maximum atomic E-state index is 12.9. The van der Waals surface area contributed by atoms with Gasteiger partial charge >= 0.3 is 17.9 Å². The minimum atomic E-state index is -0.813. The zero-order chi connectivity index (χ0) is 55.7. The summed E-state index contributed by atoms with van der Waals surface area (Å²) in [5, 5.41) is 0. The molecule has 0 N–H and O–H groups in total. The number of unbranched alkanes of at least 4 members (excludes halogenated alkanes) is 26. The van der Waals surface area contributed by atoms with Crippen molar-refractivity contribution in [3.8, 4) is 0 Å². The second kappa shape index (κ2) is 64.3. The van der Waals surface area contributed by atoms with Gasteiger partial charge in [-0.1, -0.05) is 290 Å². The second-order valence-corrected chi connectivity index (χ2v) is 20.9. The molecule has 0 aromatic heterocycles. The Labute approximate surface area is 475 Å². The standard InChI is InChI=1S/C71H118O6/c1-4-7-10-13-16-19-22-25-28-31-33-35-37-40-43-46-49-52-55-58-61-64-70(73)76-67-68(66-75-69(72)63-60-57-54-51-48-45-42-39-30-27-24-21-18-15-12-9-6-3)77-71(74)65-62-59-56-53-50-47-44-41-38-36-34-32-29-26-23-20-17-14-11-8-5-2/h7,9-10,12,16,18-19,21,25,27-28,30,33,35,40,42-43,45,51,54,68H,4-6,8,11,13-15,17,20,22-24,26,29,31-32,34,36-39,41,44,46-50,52-53,55-67H2,1-3H3/b10-7-,12-9-,19-16-,21-18-,28-25-,30-27-,35-33-,43-40-,45-42-,54-51-. The first-order valence-electron chi connectivity index (χ1n) is 32.0. The zero-order valence-electron chi connectivity index (χ0n) is 50.2. The molecule has 0 bridgehead atoms. The van der Waals surface area contributed by atoms with Crippen molar-refractivity contribution < 1.29 is 28.6 Å². The van der Waals surface area contributed by atoms with Gasteiger partial charge in [0.2, 0.25) is 0 Å². The van der Waals surface area contributed by atoms with Crippen molar-refractivity contribution in [1.82, 2.24) is 0 Å². The van der Waals surface area contributed by atoms with Gasteiger partial charge in [-0.2, -0.15) is 0 Å². The number of hydrogen-bond acceptors (Lipinski definition) is 6. The highest BCUT2D eigenvalue weighted by molar-refractivity contribution is 5.71. The van der Waals surface area contributed by atoms with Gasteiger partial charge in [0.25, 0.3) is 0 Å². The Morgan fingerprint density at radius 1 is 0.273 bits per heavy atom. The van der Waals surface area contributed by atoms with Gasteiger partial charge in [-0.25, -0.2) is 0 Å². The summed E-state index contributed by atoms with van der Waals surface area (Å²) in [4.78, 5) is 38.3. The molecule has 0 aliphatic carbocycles. The summed E-state index contributed by atoms with van der Waals surface area (Å²) in [5.74, 6) is -0.976. The van der Waals surface area contributed by atoms with Crippen LogP contribution < -0.4 is 0 Å². The van der Waals surface area contributed by atoms with E-state index in [1.807, 2.05) is 0 Å². The van der Waals surface area contributed by atoms with Gasteiger partial charge < -0.3 is 14.2 Å². The van der Waals surface area contributed by atoms with E-state index in [-0.39, 0.29) is 37.5 Å². The second-order valence-electron chi connectivity index (χ2n) is 20.9. The molecule has 0 aliphatic heterocycles. The van der Waals surface area contributed by atoms with Crippen LogP contribution in [0.4, 0.5) is 0 Å². The van der Waals surface area contributed by atoms with Crippen LogP contribution in [0.1, 0.15) is 290 Å². The van der Waals surface area contributed by atoms with Crippen molar-refractivity contribution in [3.63, 3.8) is 0 Å². The van der Waals surface area contributed by atoms with Crippen molar-refractivity contribution in [2.75, 3.05) is 13.2 Å². The third kappa shape index (κ3) is 62.5. The molecular weight excluding hydrogens is 949 g/mol. The molecule has 0 saturated heterocycles. The lowest BCUT2D eigenvalue weighted by Crippen LogP contribution is -2.30. The van der Waals surface area contributed by atoms with Crippen molar-refractivity contribution in [3.05, 3.63) is 122 Å². The lowest BCUT2D eigenvalue weighted by molar-refractivity contribution is -0.167. The first kappa shape index (κ1) is 72.8. The van der Waals surface area contributed by atoms with Gasteiger partial charge in [-0.3, -0.25) is 14.4 Å². The molecule has 6 nitrogen and oxygen atoms in total. The number of esters is 3. The van der Waals surface area contributed by atoms with Crippen molar-refractivity contribution in [2.24, 2.45) is 0 Å². The third-order valence-electron chi connectivity index (χ3n) is 13.5. The van der Waals surface area contributed by atoms with Gasteiger partial charge in [0.15, 0.2) is 6.10 Å². The quantitative estimate of drug-likeness (QED) is 0.0261. The molecular formula is C71H118O6. The number of carbonyl (C=O) groups excluding carboxylic acids is 3. The highest BCUT2D eigenvalue weighted by atomic mass is 16.6. The molecule has 0 radical (unpaired) electrons. The lowest BCUT2D eigenvalue weighted by atomic mass is 10.0. The summed E-state index contributed by atoms with van der Waals surface area (Å²) in [6.07, 6.45) is 89.2. The topological polar surface area (TPSA) is 78.9 Å². The number of hydrogen-bond donors (Lipinski definition) is 0. The van der Waals surface area contributed by atoms with E-state index < -0.39 is 6.10 Å². The van der Waals surface area contributed by atoms with Gasteiger partial charge in [0, 0.05) is 19.3 Å². The predicted molar refractivity (Wildman–Crippen MR) is 334 cm³/mol. The molecule has 6 heteroatoms. The maximum absolute atomic E-state index is 12.9. The van der Waals surface area contributed by atoms with Gasteiger partial charge in [-0.15, -0.1) is 0 Å². The number of rotatable bonds is 57. The van der Waals surface area contributed by atoms with E-state index in [2.05, 4.69) is 142 Å². The molecule has 0 aliphatic rings. The minimum absolute atomic E-state index is 0.107. The summed E-state index contributed by atoms with van der Waals surface area (Å²) in [5.41, 5.74) is 0. The van der Waals surface area contributed by atoms with Crippen LogP contribution in [0.5, 0.6) is 0 Å². The Hall–Kier alpha value is -4.19. The Morgan fingerprint density at radius 3 is 0.844 bits per heavy atom. The van der Waals surface area contributed by atoms with Gasteiger partial charge in [0.05, 0.1) is 0 Å². The Balaban J connectivity index is 4.48. The van der Waals surface area contributed by atoms with Crippen LogP contribution in [0.2, 0.25) is 0 Å². The monoisotopic (exact) mass is 1070 g/mol. The maximum Gasteiger partial charge on any atom is 0.306 e. The van der Waals surface area contributed by atoms with Crippen LogP contribution in [-0.2, 0) is 28.6 Å². The summed E-state index contributed by atoms with van der Waals surface area (Å²) in [6, 6.07) is 0. The number of allylic oxidation sites excluding steroid dienone is 20. The van der Waals surface area contributed by atoms with Crippen molar-refractivity contribution >= 4 is 17.9 Å². The first-order valence-corrected chi connectivity index (χ1v) is 32.0. The molecule has 0 spiro atoms. The average Bonchev–Trinajstić information content (AvgIpc) is 3.43. The molecule has 0 amide bonds. The van der Waals surface area contributed by atoms with Crippen molar-refractivity contribution in [2.45, 2.75) is 297 Å². The smallest absolute Gasteiger partial charge is 0.306 e. The SMILES string of the molecule is CC/C=C\C/C=C\C/C=C\C/C=C\C/C=C\CCCCCCCC(=O)OCC(COC(=O)CCC/C=C\C/C=C\C/C=C\C/C=C\C/C=C\CC)OC(=O)CCCCCCCCCCCCCCCCCCCCCCC. The van der Waals surface area contributed by atoms with Crippen LogP contribution in [0.15, 0.2) is 122 Å². The van der Waals surface area contributed by atoms with Crippen molar-refractivity contribution in [1.29, 1.82) is 0 Å². The lowest BCUT2D eigenvalue weighted by Gasteiger charge is -2.18. The molecule has 0 rings (SSSR count). The highest BCUT2D eigenvalue weighted by Crippen LogP contribution is 2.16. The number of ether oxygens (including phenoxy) is 3. The van der Waals surface area contributed by atoms with E-state index >= 15 is 0 Å². The molecule has 1 unspecified atom stereocenters. The highest BCUT2D eigenvalue weighted by Gasteiger charge is 2.19. The molecule has 0 saturated carbocycles. The zero-order valence-corrected chi connectivity index (χ0v) is 50.2. The van der Waals surface area contributed by atoms with Crippen LogP contribution in [0.25, 0.3) is 0 Å². The van der Waals surface area contributed by atoms with E-state index in [0.29, 0.717) is 19.3 Å². The van der Waals surface area contributed by atoms with Crippen LogP contribution in [0, 0.1) is 0 Å². The number of carbonyl (C=O) groups is 3. The summed E-state index contributed by atoms with van der Waals surface area (Å²) < 4.78 is 16.9. The first-order chi connectivity index (χ1) is 38.0. The Bertz CT molecular complexity index is 1600. The third-order valence-corrected chi connectivity index (χ3v) is 13.5. The van der Waals surface area contributed by atoms with Gasteiger partial charge in [0.1, 0.15) is 13.2 Å². The largest absolute Gasteiger partial charge is 0.462 e. The fourth-order valence-electron chi connectivity index (χ4n) is 8.74. The van der Waals surface area contributed by atoms with E-state index in [0.717, 1.165) is 128 Å². The molecule has 0 heterocycles. The minimum Gasteiger partial charge on any atom is -0.462 e. The van der Waals surface area contributed by atoms with E-state index in [1.54, 1.807) is 0 Å². The molecule has 77 heavy (non-hydrogen) atoms. The normalized spacial score (nSPS) is 12.9. The van der Waals surface area contributed by atoms with Crippen LogP contribution in [0.3, 0.4) is 0 Å². The average molecular weight is 1070 g/mol. The fraction of sp³-hybridized carbons (Fsp3) is 0.676. The molecule has 438 valence electrons. The van der Waals surface area contributed by atoms with Crippen LogP contribution in [-0.4, -0.2) is 37.2 Å². The molecule has 1 atom stereocenters. The fourth-order valence-corrected chi connectivity index (χ4v) is 8.74. The molecule has 0 aromatic rings. The Morgan fingerprint density at radius 2 is 0.519 bits per heavy atom. The Kier molecular flexibility index (Phi) is 60.8. The van der Waals surface area contributed by atoms with E-state index in [9.17, 15) is 14.4 Å². The van der Waals surface area contributed by atoms with E-state index in [4.69, 9.17) is 14.2 Å². The van der Waals surface area contributed by atoms with Gasteiger partial charge in [-0.05, 0) is 103 Å². The summed E-state index contributed by atoms with van der Waals surface area (Å²) in [6.45, 7) is 6.37. The molecule has 0 aromatic carbocycles.